The van der Waals surface area contributed by atoms with Crippen molar-refractivity contribution < 1.29 is 4.21 Å². The first-order chi connectivity index (χ1) is 14.4. The molecule has 0 radical (unpaired) electrons. The molecule has 3 atom stereocenters. The van der Waals surface area contributed by atoms with Crippen LogP contribution in [0.2, 0.25) is 0 Å². The quantitative estimate of drug-likeness (QED) is 0.324. The molecule has 5 nitrogen and oxygen atoms in total. The highest BCUT2D eigenvalue weighted by atomic mass is 127. The molecule has 0 aromatic heterocycles. The van der Waals surface area contributed by atoms with Gasteiger partial charge in [-0.2, -0.15) is 0 Å². The van der Waals surface area contributed by atoms with E-state index >= 15 is 0 Å². The molecule has 2 aliphatic heterocycles. The summed E-state index contributed by atoms with van der Waals surface area (Å²) in [5.41, 5.74) is 1.42. The van der Waals surface area contributed by atoms with Crippen LogP contribution in [-0.2, 0) is 17.3 Å². The number of guanidine groups is 1. The average Bonchev–Trinajstić information content (AvgIpc) is 2.73. The Hall–Kier alpha value is -0.670. The Kier molecular flexibility index (Phi) is 10.8. The number of likely N-dealkylation sites (tertiary alicyclic amines) is 2. The van der Waals surface area contributed by atoms with Crippen molar-refractivity contribution in [3.63, 3.8) is 0 Å². The van der Waals surface area contributed by atoms with Crippen LogP contribution in [-0.4, -0.2) is 69.2 Å². The van der Waals surface area contributed by atoms with Gasteiger partial charge in [-0.05, 0) is 65.0 Å². The highest BCUT2D eigenvalue weighted by Crippen LogP contribution is 2.31. The van der Waals surface area contributed by atoms with Crippen LogP contribution in [0.3, 0.4) is 0 Å². The van der Waals surface area contributed by atoms with Crippen LogP contribution in [0.1, 0.15) is 52.5 Å². The Balaban J connectivity index is 0.00000341. The Morgan fingerprint density at radius 2 is 1.94 bits per heavy atom. The maximum atomic E-state index is 12.4. The predicted molar refractivity (Wildman–Crippen MR) is 144 cm³/mol. The lowest BCUT2D eigenvalue weighted by atomic mass is 9.83. The lowest BCUT2D eigenvalue weighted by molar-refractivity contribution is 0.0372. The number of aliphatic imine (C=N–C) groups is 1. The number of hydrogen-bond donors (Lipinski definition) is 1. The zero-order valence-corrected chi connectivity index (χ0v) is 22.8. The monoisotopic (exact) mass is 560 g/mol. The van der Waals surface area contributed by atoms with E-state index in [1.807, 2.05) is 20.8 Å². The molecular weight excluding hydrogens is 519 g/mol. The fraction of sp³-hybridized carbons (Fsp3) is 0.708. The molecule has 0 amide bonds. The Morgan fingerprint density at radius 1 is 1.19 bits per heavy atom. The summed E-state index contributed by atoms with van der Waals surface area (Å²) in [5.74, 6) is 2.33. The van der Waals surface area contributed by atoms with Gasteiger partial charge < -0.3 is 10.2 Å². The number of rotatable bonds is 6. The number of fused-ring (bicyclic) bond motifs is 1. The minimum Gasteiger partial charge on any atom is -0.357 e. The second-order valence-electron chi connectivity index (χ2n) is 9.56. The number of halogens is 1. The summed E-state index contributed by atoms with van der Waals surface area (Å²) in [5, 5.41) is 3.47. The van der Waals surface area contributed by atoms with Crippen molar-refractivity contribution in [3.05, 3.63) is 35.9 Å². The van der Waals surface area contributed by atoms with E-state index in [2.05, 4.69) is 52.4 Å². The fourth-order valence-electron chi connectivity index (χ4n) is 4.68. The van der Waals surface area contributed by atoms with Gasteiger partial charge in [-0.15, -0.1) is 24.0 Å². The normalized spacial score (nSPS) is 23.6. The third-order valence-corrected chi connectivity index (χ3v) is 8.19. The molecule has 7 heteroatoms. The maximum absolute atomic E-state index is 12.4. The van der Waals surface area contributed by atoms with E-state index in [1.54, 1.807) is 0 Å². The highest BCUT2D eigenvalue weighted by Gasteiger charge is 2.36. The first kappa shape index (κ1) is 26.6. The Labute approximate surface area is 208 Å². The molecular formula is C24H41IN4OS. The van der Waals surface area contributed by atoms with E-state index in [0.29, 0.717) is 24.3 Å². The molecule has 176 valence electrons. The zero-order chi connectivity index (χ0) is 21.6. The molecule has 0 spiro atoms. The lowest BCUT2D eigenvalue weighted by Crippen LogP contribution is -2.56. The largest absolute Gasteiger partial charge is 0.357 e. The summed E-state index contributed by atoms with van der Waals surface area (Å²) in [7, 11) is -0.854. The maximum Gasteiger partial charge on any atom is 0.193 e. The number of nitrogens with zero attached hydrogens (tertiary/aromatic N) is 3. The fourth-order valence-corrected chi connectivity index (χ4v) is 5.55. The molecule has 2 heterocycles. The SMILES string of the molecule is CCNC(=NCCS(=O)C(C)(C)C)N1CCC2C(CCCN2Cc2ccccc2)C1.I. The number of hydrogen-bond acceptors (Lipinski definition) is 3. The topological polar surface area (TPSA) is 47.9 Å². The third kappa shape index (κ3) is 7.70. The van der Waals surface area contributed by atoms with Gasteiger partial charge in [0.25, 0.3) is 0 Å². The van der Waals surface area contributed by atoms with E-state index in [4.69, 9.17) is 4.99 Å². The average molecular weight is 561 g/mol. The molecule has 3 unspecified atom stereocenters. The van der Waals surface area contributed by atoms with E-state index in [-0.39, 0.29) is 28.7 Å². The van der Waals surface area contributed by atoms with Crippen LogP contribution in [0.5, 0.6) is 0 Å². The van der Waals surface area contributed by atoms with Crippen molar-refractivity contribution in [2.45, 2.75) is 64.3 Å². The van der Waals surface area contributed by atoms with Crippen molar-refractivity contribution in [1.82, 2.24) is 15.1 Å². The van der Waals surface area contributed by atoms with E-state index in [1.165, 1.54) is 31.4 Å². The van der Waals surface area contributed by atoms with Crippen LogP contribution in [0.15, 0.2) is 35.3 Å². The minimum atomic E-state index is -0.854. The van der Waals surface area contributed by atoms with Crippen LogP contribution in [0, 0.1) is 5.92 Å². The molecule has 1 aromatic carbocycles. The summed E-state index contributed by atoms with van der Waals surface area (Å²) >= 11 is 0. The molecule has 31 heavy (non-hydrogen) atoms. The van der Waals surface area contributed by atoms with Gasteiger partial charge in [0, 0.05) is 53.5 Å². The van der Waals surface area contributed by atoms with Crippen molar-refractivity contribution in [1.29, 1.82) is 0 Å². The van der Waals surface area contributed by atoms with Gasteiger partial charge in [-0.3, -0.25) is 14.1 Å². The van der Waals surface area contributed by atoms with Crippen molar-refractivity contribution in [2.75, 3.05) is 38.5 Å². The van der Waals surface area contributed by atoms with Crippen molar-refractivity contribution in [3.8, 4) is 0 Å². The summed E-state index contributed by atoms with van der Waals surface area (Å²) < 4.78 is 12.2. The molecule has 0 saturated carbocycles. The molecule has 2 aliphatic rings. The summed E-state index contributed by atoms with van der Waals surface area (Å²) in [6, 6.07) is 11.6. The lowest BCUT2D eigenvalue weighted by Gasteiger charge is -2.48. The van der Waals surface area contributed by atoms with Gasteiger partial charge in [0.1, 0.15) is 0 Å². The molecule has 2 saturated heterocycles. The van der Waals surface area contributed by atoms with Gasteiger partial charge in [0.05, 0.1) is 6.54 Å². The van der Waals surface area contributed by atoms with Gasteiger partial charge in [-0.25, -0.2) is 0 Å². The second kappa shape index (κ2) is 12.5. The van der Waals surface area contributed by atoms with Gasteiger partial charge in [0.2, 0.25) is 0 Å². The van der Waals surface area contributed by atoms with Crippen molar-refractivity contribution in [2.24, 2.45) is 10.9 Å². The van der Waals surface area contributed by atoms with Crippen LogP contribution >= 0.6 is 24.0 Å². The van der Waals surface area contributed by atoms with E-state index in [9.17, 15) is 4.21 Å². The minimum absolute atomic E-state index is 0. The van der Waals surface area contributed by atoms with Crippen LogP contribution in [0.25, 0.3) is 0 Å². The van der Waals surface area contributed by atoms with Crippen LogP contribution < -0.4 is 5.32 Å². The Bertz CT molecular complexity index is 722. The standard InChI is InChI=1S/C24H40N4OS.HI/c1-5-25-23(26-14-17-30(29)24(2,3)4)28-16-13-22-21(19-28)12-9-15-27(22)18-20-10-7-6-8-11-20;/h6-8,10-11,21-22H,5,9,12-19H2,1-4H3,(H,25,26);1H. The van der Waals surface area contributed by atoms with Gasteiger partial charge >= 0.3 is 0 Å². The number of piperidine rings is 2. The second-order valence-corrected chi connectivity index (χ2v) is 11.9. The van der Waals surface area contributed by atoms with E-state index in [0.717, 1.165) is 32.1 Å². The Morgan fingerprint density at radius 3 is 2.61 bits per heavy atom. The first-order valence-electron chi connectivity index (χ1n) is 11.6. The third-order valence-electron chi connectivity index (χ3n) is 6.27. The summed E-state index contributed by atoms with van der Waals surface area (Å²) in [6.07, 6.45) is 3.77. The highest BCUT2D eigenvalue weighted by molar-refractivity contribution is 14.0. The van der Waals surface area contributed by atoms with Gasteiger partial charge in [-0.1, -0.05) is 30.3 Å². The number of nitrogens with one attached hydrogen (secondary N) is 1. The smallest absolute Gasteiger partial charge is 0.193 e. The van der Waals surface area contributed by atoms with Gasteiger partial charge in [0.15, 0.2) is 5.96 Å². The van der Waals surface area contributed by atoms with Crippen LogP contribution in [0.4, 0.5) is 0 Å². The molecule has 1 aromatic rings. The zero-order valence-electron chi connectivity index (χ0n) is 19.7. The predicted octanol–water partition coefficient (Wildman–Crippen LogP) is 4.10. The number of benzene rings is 1. The van der Waals surface area contributed by atoms with E-state index < -0.39 is 10.8 Å². The molecule has 0 aliphatic carbocycles. The summed E-state index contributed by atoms with van der Waals surface area (Å²) in [4.78, 5) is 9.99. The molecule has 1 N–H and O–H groups in total. The molecule has 3 rings (SSSR count). The molecule has 0 bridgehead atoms. The summed E-state index contributed by atoms with van der Waals surface area (Å²) in [6.45, 7) is 14.1. The first-order valence-corrected chi connectivity index (χ1v) is 12.9. The van der Waals surface area contributed by atoms with Crippen molar-refractivity contribution >= 4 is 40.7 Å². The molecule has 2 fully saturated rings.